The molecular weight excluding hydrogens is 457 g/mol. The van der Waals surface area contributed by atoms with Crippen LogP contribution in [0.2, 0.25) is 0 Å². The fraction of sp³-hybridized carbons (Fsp3) is 0.250. The highest BCUT2D eigenvalue weighted by Gasteiger charge is 2.32. The van der Waals surface area contributed by atoms with Crippen LogP contribution in [0.15, 0.2) is 54.9 Å². The molecule has 5 rings (SSSR count). The Morgan fingerprint density at radius 1 is 1.24 bits per heavy atom. The number of nitrogens with zero attached hydrogens (tertiary/aromatic N) is 4. The monoisotopic (exact) mass is 479 g/mol. The third-order valence-electron chi connectivity index (χ3n) is 5.96. The Bertz CT molecular complexity index is 1500. The highest BCUT2D eigenvalue weighted by molar-refractivity contribution is 7.91. The van der Waals surface area contributed by atoms with Crippen LogP contribution in [0.4, 0.5) is 4.39 Å². The summed E-state index contributed by atoms with van der Waals surface area (Å²) in [7, 11) is -3.17. The van der Waals surface area contributed by atoms with Crippen molar-refractivity contribution in [2.24, 2.45) is 0 Å². The summed E-state index contributed by atoms with van der Waals surface area (Å²) in [5, 5.41) is 7.97. The molecule has 34 heavy (non-hydrogen) atoms. The molecule has 0 aliphatic carbocycles. The van der Waals surface area contributed by atoms with Gasteiger partial charge in [0.25, 0.3) is 5.91 Å². The molecule has 1 aliphatic heterocycles. The molecule has 0 bridgehead atoms. The summed E-state index contributed by atoms with van der Waals surface area (Å²) in [6.45, 7) is 2.02. The summed E-state index contributed by atoms with van der Waals surface area (Å²) in [5.41, 5.74) is 2.58. The van der Waals surface area contributed by atoms with Gasteiger partial charge in [-0.2, -0.15) is 5.10 Å². The van der Waals surface area contributed by atoms with E-state index >= 15 is 0 Å². The quantitative estimate of drug-likeness (QED) is 0.471. The number of benzene rings is 1. The van der Waals surface area contributed by atoms with Crippen LogP contribution in [0.3, 0.4) is 0 Å². The summed E-state index contributed by atoms with van der Waals surface area (Å²) in [6, 6.07) is 11.0. The van der Waals surface area contributed by atoms with Crippen LogP contribution >= 0.6 is 0 Å². The van der Waals surface area contributed by atoms with Crippen molar-refractivity contribution in [3.63, 3.8) is 0 Å². The van der Waals surface area contributed by atoms with E-state index in [-0.39, 0.29) is 35.2 Å². The van der Waals surface area contributed by atoms with Gasteiger partial charge in [0.15, 0.2) is 15.5 Å². The second-order valence-corrected chi connectivity index (χ2v) is 10.6. The van der Waals surface area contributed by atoms with E-state index in [1.54, 1.807) is 54.3 Å². The molecule has 0 spiro atoms. The maximum Gasteiger partial charge on any atom is 0.252 e. The van der Waals surface area contributed by atoms with Crippen LogP contribution in [0.25, 0.3) is 22.3 Å². The van der Waals surface area contributed by atoms with E-state index in [0.717, 1.165) is 5.56 Å². The third kappa shape index (κ3) is 4.16. The predicted molar refractivity (Wildman–Crippen MR) is 125 cm³/mol. The summed E-state index contributed by atoms with van der Waals surface area (Å²) in [6.07, 6.45) is 3.73. The number of nitrogens with one attached hydrogen (secondary N) is 1. The van der Waals surface area contributed by atoms with Crippen molar-refractivity contribution in [3.8, 4) is 11.3 Å². The van der Waals surface area contributed by atoms with Gasteiger partial charge in [-0.25, -0.2) is 22.5 Å². The first-order valence-electron chi connectivity index (χ1n) is 10.8. The lowest BCUT2D eigenvalue weighted by Crippen LogP contribution is -2.23. The molecule has 10 heteroatoms. The van der Waals surface area contributed by atoms with Gasteiger partial charge >= 0.3 is 0 Å². The maximum absolute atomic E-state index is 14.6. The van der Waals surface area contributed by atoms with Gasteiger partial charge in [0.2, 0.25) is 0 Å². The number of amides is 1. The summed E-state index contributed by atoms with van der Waals surface area (Å²) in [4.78, 5) is 22.0. The lowest BCUT2D eigenvalue weighted by molar-refractivity contribution is 0.0952. The molecular formula is C24H22FN5O3S. The fourth-order valence-electron chi connectivity index (χ4n) is 4.30. The Morgan fingerprint density at radius 3 is 2.76 bits per heavy atom. The van der Waals surface area contributed by atoms with Crippen molar-refractivity contribution in [2.75, 3.05) is 11.5 Å². The minimum atomic E-state index is -3.17. The van der Waals surface area contributed by atoms with Gasteiger partial charge in [-0.05, 0) is 43.2 Å². The molecule has 1 atom stereocenters. The van der Waals surface area contributed by atoms with Crippen molar-refractivity contribution in [1.29, 1.82) is 0 Å². The van der Waals surface area contributed by atoms with Crippen LogP contribution in [-0.4, -0.2) is 45.6 Å². The summed E-state index contributed by atoms with van der Waals surface area (Å²) in [5.74, 6) is -0.807. The van der Waals surface area contributed by atoms with Crippen LogP contribution in [-0.2, 0) is 16.4 Å². The van der Waals surface area contributed by atoms with Crippen LogP contribution in [0, 0.1) is 12.7 Å². The second kappa shape index (κ2) is 8.60. The highest BCUT2D eigenvalue weighted by Crippen LogP contribution is 2.32. The standard InChI is InChI=1S/C24H22FN5O3S/c1-15-22-19(24(31)27-13-16-5-4-9-26-12-16)11-21(18-6-2-3-7-20(18)25)28-23(22)30(29-15)17-8-10-34(32,33)14-17/h2-7,9,11-12,17H,8,10,13-14H2,1H3,(H,27,31). The first kappa shape index (κ1) is 22.1. The Kier molecular flexibility index (Phi) is 5.60. The number of aromatic nitrogens is 4. The molecule has 4 heterocycles. The first-order valence-corrected chi connectivity index (χ1v) is 12.7. The van der Waals surface area contributed by atoms with Crippen molar-refractivity contribution in [2.45, 2.75) is 25.9 Å². The molecule has 174 valence electrons. The van der Waals surface area contributed by atoms with E-state index in [2.05, 4.69) is 20.4 Å². The Balaban J connectivity index is 1.64. The van der Waals surface area contributed by atoms with E-state index in [9.17, 15) is 17.6 Å². The van der Waals surface area contributed by atoms with Crippen LogP contribution in [0.5, 0.6) is 0 Å². The molecule has 1 amide bonds. The SMILES string of the molecule is Cc1nn(C2CCS(=O)(=O)C2)c2nc(-c3ccccc3F)cc(C(=O)NCc3cccnc3)c12. The Morgan fingerprint density at radius 2 is 2.06 bits per heavy atom. The Labute approximate surface area is 195 Å². The van der Waals surface area contributed by atoms with Crippen LogP contribution < -0.4 is 5.32 Å². The highest BCUT2D eigenvalue weighted by atomic mass is 32.2. The zero-order chi connectivity index (χ0) is 23.9. The number of hydrogen-bond acceptors (Lipinski definition) is 6. The van der Waals surface area contributed by atoms with Gasteiger partial charge < -0.3 is 5.32 Å². The number of carbonyl (C=O) groups is 1. The van der Waals surface area contributed by atoms with Crippen LogP contribution in [0.1, 0.15) is 34.1 Å². The maximum atomic E-state index is 14.6. The molecule has 3 aromatic heterocycles. The number of halogens is 1. The minimum absolute atomic E-state index is 0.0443. The number of fused-ring (bicyclic) bond motifs is 1. The van der Waals surface area contributed by atoms with Gasteiger partial charge in [-0.15, -0.1) is 0 Å². The number of carbonyl (C=O) groups excluding carboxylic acids is 1. The molecule has 1 saturated heterocycles. The molecule has 4 aromatic rings. The normalized spacial score (nSPS) is 17.2. The fourth-order valence-corrected chi connectivity index (χ4v) is 5.99. The summed E-state index contributed by atoms with van der Waals surface area (Å²) < 4.78 is 40.4. The minimum Gasteiger partial charge on any atom is -0.348 e. The number of aryl methyl sites for hydroxylation is 1. The third-order valence-corrected chi connectivity index (χ3v) is 7.71. The number of hydrogen-bond donors (Lipinski definition) is 1. The molecule has 1 unspecified atom stereocenters. The second-order valence-electron chi connectivity index (χ2n) is 8.36. The first-order chi connectivity index (χ1) is 16.3. The molecule has 1 fully saturated rings. The van der Waals surface area contributed by atoms with Gasteiger partial charge in [-0.3, -0.25) is 9.78 Å². The van der Waals surface area contributed by atoms with Crippen molar-refractivity contribution >= 4 is 26.8 Å². The van der Waals surface area contributed by atoms with E-state index in [4.69, 9.17) is 0 Å². The number of rotatable bonds is 5. The van der Waals surface area contributed by atoms with Gasteiger partial charge in [0.05, 0.1) is 39.9 Å². The van der Waals surface area contributed by atoms with Gasteiger partial charge in [0.1, 0.15) is 5.82 Å². The zero-order valence-electron chi connectivity index (χ0n) is 18.4. The Hall–Kier alpha value is -3.66. The number of sulfone groups is 1. The predicted octanol–water partition coefficient (Wildman–Crippen LogP) is 3.23. The molecule has 1 aromatic carbocycles. The van der Waals surface area contributed by atoms with Gasteiger partial charge in [-0.1, -0.05) is 18.2 Å². The van der Waals surface area contributed by atoms with E-state index in [1.807, 2.05) is 6.07 Å². The summed E-state index contributed by atoms with van der Waals surface area (Å²) >= 11 is 0. The molecule has 0 saturated carbocycles. The van der Waals surface area contributed by atoms with Crippen molar-refractivity contribution < 1.29 is 17.6 Å². The smallest absolute Gasteiger partial charge is 0.252 e. The van der Waals surface area contributed by atoms with Gasteiger partial charge in [0, 0.05) is 24.5 Å². The molecule has 1 N–H and O–H groups in total. The zero-order valence-corrected chi connectivity index (χ0v) is 19.2. The van der Waals surface area contributed by atoms with E-state index in [1.165, 1.54) is 6.07 Å². The van der Waals surface area contributed by atoms with E-state index in [0.29, 0.717) is 28.7 Å². The van der Waals surface area contributed by atoms with Crippen molar-refractivity contribution in [1.82, 2.24) is 25.1 Å². The lowest BCUT2D eigenvalue weighted by atomic mass is 10.0. The largest absolute Gasteiger partial charge is 0.348 e. The van der Waals surface area contributed by atoms with Crippen molar-refractivity contribution in [3.05, 3.63) is 77.5 Å². The molecule has 0 radical (unpaired) electrons. The van der Waals surface area contributed by atoms with E-state index < -0.39 is 21.7 Å². The average Bonchev–Trinajstić information content (AvgIpc) is 3.36. The number of pyridine rings is 2. The average molecular weight is 480 g/mol. The molecule has 1 aliphatic rings. The topological polar surface area (TPSA) is 107 Å². The lowest BCUT2D eigenvalue weighted by Gasteiger charge is -2.13. The molecule has 8 nitrogen and oxygen atoms in total.